The highest BCUT2D eigenvalue weighted by Crippen LogP contribution is 2.30. The van der Waals surface area contributed by atoms with E-state index in [1.807, 2.05) is 13.8 Å². The van der Waals surface area contributed by atoms with Gasteiger partial charge in [-0.15, -0.1) is 11.3 Å². The molecule has 2 amide bonds. The van der Waals surface area contributed by atoms with E-state index in [1.54, 1.807) is 16.2 Å². The van der Waals surface area contributed by atoms with Crippen LogP contribution >= 0.6 is 11.3 Å². The van der Waals surface area contributed by atoms with Gasteiger partial charge in [-0.3, -0.25) is 9.53 Å². The lowest BCUT2D eigenvalue weighted by Gasteiger charge is -2.36. The summed E-state index contributed by atoms with van der Waals surface area (Å²) in [6, 6.07) is -0.120. The van der Waals surface area contributed by atoms with Gasteiger partial charge in [-0.1, -0.05) is 0 Å². The first-order chi connectivity index (χ1) is 9.95. The molecule has 2 heterocycles. The number of rotatable bonds is 1. The number of anilines is 1. The number of urea groups is 1. The Bertz CT molecular complexity index is 559. The van der Waals surface area contributed by atoms with Crippen LogP contribution in [0.4, 0.5) is 9.93 Å². The fraction of sp³-hybridized carbons (Fsp3) is 0.714. The number of carbonyl (C=O) groups is 1. The Morgan fingerprint density at radius 3 is 2.86 bits per heavy atom. The van der Waals surface area contributed by atoms with Gasteiger partial charge in [0.05, 0.1) is 10.4 Å². The van der Waals surface area contributed by atoms with Crippen molar-refractivity contribution in [1.29, 1.82) is 0 Å². The lowest BCUT2D eigenvalue weighted by atomic mass is 10.0. The molecule has 1 fully saturated rings. The van der Waals surface area contributed by atoms with E-state index in [2.05, 4.69) is 10.3 Å². The zero-order valence-corrected chi connectivity index (χ0v) is 14.1. The Hall–Kier alpha value is -0.950. The smallest absolute Gasteiger partial charge is 0.322 e. The van der Waals surface area contributed by atoms with Crippen molar-refractivity contribution in [2.45, 2.75) is 44.3 Å². The summed E-state index contributed by atoms with van der Waals surface area (Å²) in [4.78, 5) is 20.0. The van der Waals surface area contributed by atoms with Crippen LogP contribution in [0.25, 0.3) is 0 Å². The zero-order chi connectivity index (χ0) is 15.0. The van der Waals surface area contributed by atoms with Crippen LogP contribution in [0.5, 0.6) is 0 Å². The van der Waals surface area contributed by atoms with Gasteiger partial charge < -0.3 is 4.90 Å². The number of aromatic nitrogens is 1. The van der Waals surface area contributed by atoms with Crippen molar-refractivity contribution in [3.8, 4) is 0 Å². The van der Waals surface area contributed by atoms with Crippen LogP contribution in [0, 0.1) is 0 Å². The minimum atomic E-state index is -0.863. The van der Waals surface area contributed by atoms with Crippen molar-refractivity contribution in [1.82, 2.24) is 9.88 Å². The van der Waals surface area contributed by atoms with Crippen LogP contribution < -0.4 is 5.32 Å². The molecule has 0 radical (unpaired) electrons. The van der Waals surface area contributed by atoms with Crippen molar-refractivity contribution < 1.29 is 9.00 Å². The highest BCUT2D eigenvalue weighted by Gasteiger charge is 2.35. The average molecular weight is 327 g/mol. The predicted molar refractivity (Wildman–Crippen MR) is 86.4 cm³/mol. The number of aryl methyl sites for hydroxylation is 2. The van der Waals surface area contributed by atoms with Crippen LogP contribution in [0.2, 0.25) is 0 Å². The predicted octanol–water partition coefficient (Wildman–Crippen LogP) is 2.40. The van der Waals surface area contributed by atoms with Gasteiger partial charge in [-0.2, -0.15) is 0 Å². The molecular weight excluding hydrogens is 306 g/mol. The summed E-state index contributed by atoms with van der Waals surface area (Å²) in [6.07, 6.45) is 4.51. The lowest BCUT2D eigenvalue weighted by molar-refractivity contribution is 0.207. The summed E-state index contributed by atoms with van der Waals surface area (Å²) in [7, 11) is -0.863. The van der Waals surface area contributed by atoms with Crippen LogP contribution in [-0.2, 0) is 23.6 Å². The molecule has 1 aromatic rings. The summed E-state index contributed by atoms with van der Waals surface area (Å²) >= 11 is 1.60. The van der Waals surface area contributed by atoms with E-state index in [1.165, 1.54) is 17.7 Å². The van der Waals surface area contributed by atoms with Gasteiger partial charge in [0.15, 0.2) is 5.13 Å². The molecule has 1 saturated heterocycles. The van der Waals surface area contributed by atoms with Crippen molar-refractivity contribution >= 4 is 33.3 Å². The van der Waals surface area contributed by atoms with E-state index in [9.17, 15) is 9.00 Å². The van der Waals surface area contributed by atoms with Gasteiger partial charge in [0.1, 0.15) is 0 Å². The molecule has 0 spiro atoms. The first kappa shape index (κ1) is 15.0. The molecule has 3 rings (SSSR count). The molecule has 21 heavy (non-hydrogen) atoms. The maximum Gasteiger partial charge on any atom is 0.323 e. The molecule has 1 aliphatic heterocycles. The Morgan fingerprint density at radius 1 is 1.38 bits per heavy atom. The molecule has 0 saturated carbocycles. The summed E-state index contributed by atoms with van der Waals surface area (Å²) in [5.74, 6) is 0.550. The average Bonchev–Trinajstić information content (AvgIpc) is 2.83. The van der Waals surface area contributed by atoms with Gasteiger partial charge in [-0.25, -0.2) is 9.78 Å². The largest absolute Gasteiger partial charge is 0.323 e. The topological polar surface area (TPSA) is 62.3 Å². The van der Waals surface area contributed by atoms with Crippen LogP contribution in [-0.4, -0.2) is 43.7 Å². The van der Waals surface area contributed by atoms with E-state index < -0.39 is 10.8 Å². The number of amides is 2. The second-order valence-corrected chi connectivity index (χ2v) is 9.55. The summed E-state index contributed by atoms with van der Waals surface area (Å²) in [5.41, 5.74) is 1.15. The monoisotopic (exact) mass is 327 g/mol. The van der Waals surface area contributed by atoms with Crippen molar-refractivity contribution in [2.24, 2.45) is 0 Å². The van der Waals surface area contributed by atoms with Crippen LogP contribution in [0.3, 0.4) is 0 Å². The molecule has 5 nitrogen and oxygen atoms in total. The fourth-order valence-corrected chi connectivity index (χ4v) is 5.11. The molecule has 1 atom stereocenters. The van der Waals surface area contributed by atoms with E-state index in [-0.39, 0.29) is 10.8 Å². The third kappa shape index (κ3) is 3.13. The molecule has 0 aromatic carbocycles. The molecule has 0 bridgehead atoms. The highest BCUT2D eigenvalue weighted by molar-refractivity contribution is 7.86. The number of fused-ring (bicyclic) bond motifs is 1. The van der Waals surface area contributed by atoms with Gasteiger partial charge >= 0.3 is 6.03 Å². The summed E-state index contributed by atoms with van der Waals surface area (Å²) in [5, 5.41) is 3.62. The van der Waals surface area contributed by atoms with Crippen molar-refractivity contribution in [3.05, 3.63) is 10.6 Å². The molecule has 116 valence electrons. The van der Waals surface area contributed by atoms with Gasteiger partial charge in [0, 0.05) is 34.5 Å². The third-order valence-corrected chi connectivity index (χ3v) is 7.07. The molecule has 1 aromatic heterocycles. The zero-order valence-electron chi connectivity index (χ0n) is 12.5. The Morgan fingerprint density at radius 2 is 2.14 bits per heavy atom. The standard InChI is InChI=1S/C14H21N3O2S2/c1-14(2)9-17(7-8-21(14)19)13(18)16-12-15-10-5-3-4-6-11(10)20-12/h3-9H2,1-2H3,(H,15,16,18). The van der Waals surface area contributed by atoms with Crippen molar-refractivity contribution in [2.75, 3.05) is 24.2 Å². The third-order valence-electron chi connectivity index (χ3n) is 4.08. The second-order valence-electron chi connectivity index (χ2n) is 6.26. The Balaban J connectivity index is 1.66. The maximum atomic E-state index is 12.4. The number of hydrogen-bond donors (Lipinski definition) is 1. The van der Waals surface area contributed by atoms with Crippen LogP contribution in [0.15, 0.2) is 0 Å². The van der Waals surface area contributed by atoms with E-state index in [0.29, 0.717) is 24.0 Å². The van der Waals surface area contributed by atoms with Gasteiger partial charge in [-0.05, 0) is 39.5 Å². The molecule has 1 unspecified atom stereocenters. The van der Waals surface area contributed by atoms with Crippen molar-refractivity contribution in [3.63, 3.8) is 0 Å². The molecular formula is C14H21N3O2S2. The summed E-state index contributed by atoms with van der Waals surface area (Å²) < 4.78 is 11.6. The number of nitrogens with one attached hydrogen (secondary N) is 1. The second kappa shape index (κ2) is 5.68. The lowest BCUT2D eigenvalue weighted by Crippen LogP contribution is -2.53. The van der Waals surface area contributed by atoms with Crippen LogP contribution in [0.1, 0.15) is 37.3 Å². The fourth-order valence-electron chi connectivity index (χ4n) is 2.83. The Kier molecular flexibility index (Phi) is 4.05. The molecule has 7 heteroatoms. The SMILES string of the molecule is CC1(C)CN(C(=O)Nc2nc3c(s2)CCCC3)CCS1=O. The maximum absolute atomic E-state index is 12.4. The van der Waals surface area contributed by atoms with Gasteiger partial charge in [0.2, 0.25) is 0 Å². The minimum absolute atomic E-state index is 0.120. The number of nitrogens with zero attached hydrogens (tertiary/aromatic N) is 2. The number of thiazole rings is 1. The summed E-state index contributed by atoms with van der Waals surface area (Å²) in [6.45, 7) is 4.97. The Labute approximate surface area is 131 Å². The number of hydrogen-bond acceptors (Lipinski definition) is 4. The minimum Gasteiger partial charge on any atom is -0.322 e. The first-order valence-corrected chi connectivity index (χ1v) is 9.52. The molecule has 1 N–H and O–H groups in total. The van der Waals surface area contributed by atoms with Gasteiger partial charge in [0.25, 0.3) is 0 Å². The quantitative estimate of drug-likeness (QED) is 0.861. The highest BCUT2D eigenvalue weighted by atomic mass is 32.2. The van der Waals surface area contributed by atoms with E-state index >= 15 is 0 Å². The number of carbonyl (C=O) groups excluding carboxylic acids is 1. The molecule has 1 aliphatic carbocycles. The van der Waals surface area contributed by atoms with E-state index in [4.69, 9.17) is 0 Å². The first-order valence-electron chi connectivity index (χ1n) is 7.39. The van der Waals surface area contributed by atoms with E-state index in [0.717, 1.165) is 18.5 Å². The normalized spacial score (nSPS) is 24.5. The molecule has 2 aliphatic rings.